The van der Waals surface area contributed by atoms with E-state index < -0.39 is 6.04 Å². The van der Waals surface area contributed by atoms with E-state index in [1.54, 1.807) is 42.4 Å². The van der Waals surface area contributed by atoms with E-state index in [0.717, 1.165) is 10.0 Å². The SMILES string of the molecule is C=CCOc1ccc(C2c3c(oc4ccc(C)cc4c3=O)C(=O)N2c2ccc(Br)cc2)cc1OC. The molecule has 1 unspecified atom stereocenters. The number of carbonyl (C=O) groups excluding carboxylic acids is 1. The zero-order valence-corrected chi connectivity index (χ0v) is 20.8. The van der Waals surface area contributed by atoms with E-state index in [-0.39, 0.29) is 17.1 Å². The van der Waals surface area contributed by atoms with E-state index in [4.69, 9.17) is 13.9 Å². The van der Waals surface area contributed by atoms with Crippen molar-refractivity contribution in [1.82, 2.24) is 0 Å². The molecule has 0 radical (unpaired) electrons. The fourth-order valence-corrected chi connectivity index (χ4v) is 4.66. The Hall–Kier alpha value is -3.84. The molecule has 1 atom stereocenters. The van der Waals surface area contributed by atoms with Gasteiger partial charge in [-0.2, -0.15) is 0 Å². The first kappa shape index (κ1) is 22.9. The molecular formula is C28H22BrNO5. The van der Waals surface area contributed by atoms with Gasteiger partial charge in [0.05, 0.1) is 24.1 Å². The Kier molecular flexibility index (Phi) is 5.94. The molecule has 3 aromatic carbocycles. The molecule has 5 rings (SSSR count). The van der Waals surface area contributed by atoms with Crippen molar-refractivity contribution in [3.63, 3.8) is 0 Å². The molecule has 1 aromatic heterocycles. The van der Waals surface area contributed by atoms with Crippen molar-refractivity contribution < 1.29 is 18.7 Å². The van der Waals surface area contributed by atoms with Gasteiger partial charge in [-0.3, -0.25) is 14.5 Å². The number of fused-ring (bicyclic) bond motifs is 2. The van der Waals surface area contributed by atoms with E-state index >= 15 is 0 Å². The highest BCUT2D eigenvalue weighted by Crippen LogP contribution is 2.43. The minimum atomic E-state index is -0.706. The smallest absolute Gasteiger partial charge is 0.295 e. The van der Waals surface area contributed by atoms with Crippen molar-refractivity contribution in [3.05, 3.63) is 110 Å². The second-order valence-corrected chi connectivity index (χ2v) is 9.15. The van der Waals surface area contributed by atoms with Gasteiger partial charge in [0.25, 0.3) is 5.91 Å². The lowest BCUT2D eigenvalue weighted by molar-refractivity contribution is 0.0971. The maximum atomic E-state index is 13.8. The van der Waals surface area contributed by atoms with Crippen LogP contribution in [0.4, 0.5) is 5.69 Å². The van der Waals surface area contributed by atoms with E-state index in [1.165, 1.54) is 0 Å². The van der Waals surface area contributed by atoms with Gasteiger partial charge in [-0.05, 0) is 61.0 Å². The molecule has 6 nitrogen and oxygen atoms in total. The molecule has 2 heterocycles. The molecule has 1 aliphatic heterocycles. The highest BCUT2D eigenvalue weighted by atomic mass is 79.9. The van der Waals surface area contributed by atoms with Gasteiger partial charge in [-0.1, -0.05) is 46.3 Å². The average Bonchev–Trinajstić information content (AvgIpc) is 3.16. The van der Waals surface area contributed by atoms with Gasteiger partial charge in [0.2, 0.25) is 5.76 Å². The van der Waals surface area contributed by atoms with Gasteiger partial charge in [-0.25, -0.2) is 0 Å². The van der Waals surface area contributed by atoms with Gasteiger partial charge >= 0.3 is 0 Å². The summed E-state index contributed by atoms with van der Waals surface area (Å²) in [6.45, 7) is 5.91. The van der Waals surface area contributed by atoms with E-state index in [1.807, 2.05) is 43.3 Å². The summed E-state index contributed by atoms with van der Waals surface area (Å²) in [6, 6.07) is 17.4. The Morgan fingerprint density at radius 1 is 1.06 bits per heavy atom. The number of amides is 1. The van der Waals surface area contributed by atoms with Crippen molar-refractivity contribution in [2.75, 3.05) is 18.6 Å². The number of halogens is 1. The van der Waals surface area contributed by atoms with Crippen LogP contribution in [-0.2, 0) is 0 Å². The van der Waals surface area contributed by atoms with Crippen LogP contribution in [0, 0.1) is 6.92 Å². The lowest BCUT2D eigenvalue weighted by Crippen LogP contribution is -2.29. The van der Waals surface area contributed by atoms with Crippen LogP contribution in [0.25, 0.3) is 11.0 Å². The number of anilines is 1. The number of nitrogens with zero attached hydrogens (tertiary/aromatic N) is 1. The van der Waals surface area contributed by atoms with Crippen molar-refractivity contribution in [2.24, 2.45) is 0 Å². The predicted molar refractivity (Wildman–Crippen MR) is 139 cm³/mol. The first-order chi connectivity index (χ1) is 16.9. The molecule has 0 spiro atoms. The Bertz CT molecular complexity index is 1520. The summed E-state index contributed by atoms with van der Waals surface area (Å²) in [6.07, 6.45) is 1.65. The molecule has 176 valence electrons. The standard InChI is InChI=1S/C28H22BrNO5/c1-4-13-34-22-12-6-17(15-23(22)33-3)25-24-26(31)20-14-16(2)5-11-21(20)35-27(24)28(32)30(25)19-9-7-18(29)8-10-19/h4-12,14-15,25H,1,13H2,2-3H3. The van der Waals surface area contributed by atoms with Gasteiger partial charge in [0.15, 0.2) is 16.9 Å². The minimum absolute atomic E-state index is 0.0465. The zero-order valence-electron chi connectivity index (χ0n) is 19.2. The third-order valence-corrected chi connectivity index (χ3v) is 6.52. The third-order valence-electron chi connectivity index (χ3n) is 5.99. The predicted octanol–water partition coefficient (Wildman–Crippen LogP) is 6.19. The molecule has 0 saturated carbocycles. The normalized spacial score (nSPS) is 14.8. The van der Waals surface area contributed by atoms with Gasteiger partial charge in [0.1, 0.15) is 12.2 Å². The molecule has 0 bridgehead atoms. The highest BCUT2D eigenvalue weighted by molar-refractivity contribution is 9.10. The van der Waals surface area contributed by atoms with Crippen LogP contribution in [0.5, 0.6) is 11.5 Å². The average molecular weight is 532 g/mol. The number of hydrogen-bond acceptors (Lipinski definition) is 5. The number of benzene rings is 3. The Morgan fingerprint density at radius 2 is 1.83 bits per heavy atom. The van der Waals surface area contributed by atoms with Crippen LogP contribution in [0.15, 0.2) is 87.0 Å². The van der Waals surface area contributed by atoms with E-state index in [9.17, 15) is 9.59 Å². The van der Waals surface area contributed by atoms with Crippen LogP contribution in [0.1, 0.15) is 33.3 Å². The maximum Gasteiger partial charge on any atom is 0.295 e. The van der Waals surface area contributed by atoms with Crippen LogP contribution in [0.2, 0.25) is 0 Å². The molecule has 35 heavy (non-hydrogen) atoms. The fourth-order valence-electron chi connectivity index (χ4n) is 4.39. The van der Waals surface area contributed by atoms with Crippen molar-refractivity contribution in [2.45, 2.75) is 13.0 Å². The van der Waals surface area contributed by atoms with Crippen LogP contribution in [-0.4, -0.2) is 19.6 Å². The monoisotopic (exact) mass is 531 g/mol. The molecule has 0 saturated heterocycles. The number of rotatable bonds is 6. The minimum Gasteiger partial charge on any atom is -0.493 e. The summed E-state index contributed by atoms with van der Waals surface area (Å²) >= 11 is 3.44. The molecule has 7 heteroatoms. The second kappa shape index (κ2) is 9.07. The molecule has 4 aromatic rings. The first-order valence-corrected chi connectivity index (χ1v) is 11.8. The number of methoxy groups -OCH3 is 1. The Labute approximate surface area is 210 Å². The maximum absolute atomic E-state index is 13.8. The Morgan fingerprint density at radius 3 is 2.54 bits per heavy atom. The largest absolute Gasteiger partial charge is 0.493 e. The van der Waals surface area contributed by atoms with Crippen molar-refractivity contribution in [1.29, 1.82) is 0 Å². The van der Waals surface area contributed by atoms with Crippen LogP contribution in [0.3, 0.4) is 0 Å². The number of carbonyl (C=O) groups is 1. The third kappa shape index (κ3) is 3.91. The highest BCUT2D eigenvalue weighted by Gasteiger charge is 2.44. The molecule has 0 fully saturated rings. The van der Waals surface area contributed by atoms with Crippen molar-refractivity contribution >= 4 is 38.5 Å². The second-order valence-electron chi connectivity index (χ2n) is 8.24. The van der Waals surface area contributed by atoms with Gasteiger partial charge < -0.3 is 13.9 Å². The quantitative estimate of drug-likeness (QED) is 0.277. The topological polar surface area (TPSA) is 69.0 Å². The Balaban J connectivity index is 1.76. The van der Waals surface area contributed by atoms with Crippen LogP contribution >= 0.6 is 15.9 Å². The summed E-state index contributed by atoms with van der Waals surface area (Å²) in [4.78, 5) is 29.1. The molecule has 1 aliphatic rings. The first-order valence-electron chi connectivity index (χ1n) is 11.0. The number of aryl methyl sites for hydroxylation is 1. The molecular weight excluding hydrogens is 510 g/mol. The van der Waals surface area contributed by atoms with Gasteiger partial charge in [-0.15, -0.1) is 0 Å². The van der Waals surface area contributed by atoms with E-state index in [0.29, 0.717) is 45.9 Å². The zero-order chi connectivity index (χ0) is 24.7. The van der Waals surface area contributed by atoms with Gasteiger partial charge in [0, 0.05) is 10.2 Å². The number of ether oxygens (including phenoxy) is 2. The fraction of sp³-hybridized carbons (Fsp3) is 0.143. The number of hydrogen-bond donors (Lipinski definition) is 0. The summed E-state index contributed by atoms with van der Waals surface area (Å²) in [7, 11) is 1.55. The molecule has 0 aliphatic carbocycles. The van der Waals surface area contributed by atoms with Crippen LogP contribution < -0.4 is 19.8 Å². The lowest BCUT2D eigenvalue weighted by Gasteiger charge is -2.26. The summed E-state index contributed by atoms with van der Waals surface area (Å²) in [5.74, 6) is 0.696. The molecule has 1 amide bonds. The van der Waals surface area contributed by atoms with Crippen molar-refractivity contribution in [3.8, 4) is 11.5 Å². The lowest BCUT2D eigenvalue weighted by atomic mass is 9.97. The summed E-state index contributed by atoms with van der Waals surface area (Å²) in [5.41, 5.74) is 2.73. The summed E-state index contributed by atoms with van der Waals surface area (Å²) < 4.78 is 18.2. The van der Waals surface area contributed by atoms with E-state index in [2.05, 4.69) is 22.5 Å². The molecule has 0 N–H and O–H groups in total. The summed E-state index contributed by atoms with van der Waals surface area (Å²) in [5, 5.41) is 0.442.